The van der Waals surface area contributed by atoms with Crippen LogP contribution in [-0.2, 0) is 11.2 Å². The van der Waals surface area contributed by atoms with E-state index in [1.54, 1.807) is 0 Å². The fourth-order valence-corrected chi connectivity index (χ4v) is 3.06. The Kier molecular flexibility index (Phi) is 4.62. The van der Waals surface area contributed by atoms with Gasteiger partial charge in [0.15, 0.2) is 0 Å². The van der Waals surface area contributed by atoms with Crippen LogP contribution in [0.4, 0.5) is 0 Å². The van der Waals surface area contributed by atoms with E-state index in [2.05, 4.69) is 44.3 Å². The Morgan fingerprint density at radius 3 is 2.79 bits per heavy atom. The number of nitrogens with one attached hydrogen (secondary N) is 1. The van der Waals surface area contributed by atoms with Crippen LogP contribution in [0.1, 0.15) is 49.3 Å². The Hall–Kier alpha value is -1.31. The van der Waals surface area contributed by atoms with Gasteiger partial charge in [-0.2, -0.15) is 0 Å². The van der Waals surface area contributed by atoms with Gasteiger partial charge < -0.3 is 5.32 Å². The van der Waals surface area contributed by atoms with Crippen LogP contribution in [0.3, 0.4) is 0 Å². The van der Waals surface area contributed by atoms with Gasteiger partial charge in [-0.15, -0.1) is 0 Å². The normalized spacial score (nSPS) is 23.1. The Morgan fingerprint density at radius 1 is 1.32 bits per heavy atom. The van der Waals surface area contributed by atoms with Crippen molar-refractivity contribution in [1.29, 1.82) is 0 Å². The maximum atomic E-state index is 12.1. The molecule has 104 valence electrons. The van der Waals surface area contributed by atoms with Crippen molar-refractivity contribution in [3.63, 3.8) is 0 Å². The second kappa shape index (κ2) is 6.23. The predicted molar refractivity (Wildman–Crippen MR) is 79.2 cm³/mol. The minimum Gasteiger partial charge on any atom is -0.353 e. The van der Waals surface area contributed by atoms with Crippen molar-refractivity contribution < 1.29 is 4.79 Å². The van der Waals surface area contributed by atoms with Crippen molar-refractivity contribution >= 4 is 5.91 Å². The fraction of sp³-hybridized carbons (Fsp3) is 0.588. The van der Waals surface area contributed by atoms with Crippen LogP contribution in [0.5, 0.6) is 0 Å². The van der Waals surface area contributed by atoms with Gasteiger partial charge in [-0.3, -0.25) is 4.79 Å². The molecule has 1 fully saturated rings. The third-order valence-corrected chi connectivity index (χ3v) is 4.15. The fourth-order valence-electron chi connectivity index (χ4n) is 3.06. The van der Waals surface area contributed by atoms with Crippen molar-refractivity contribution in [3.8, 4) is 0 Å². The first-order valence-corrected chi connectivity index (χ1v) is 7.40. The summed E-state index contributed by atoms with van der Waals surface area (Å²) >= 11 is 0. The molecule has 2 atom stereocenters. The Labute approximate surface area is 116 Å². The van der Waals surface area contributed by atoms with Crippen LogP contribution in [0.15, 0.2) is 18.2 Å². The zero-order valence-corrected chi connectivity index (χ0v) is 12.3. The van der Waals surface area contributed by atoms with Crippen molar-refractivity contribution in [2.45, 2.75) is 58.9 Å². The lowest BCUT2D eigenvalue weighted by Gasteiger charge is -2.27. The van der Waals surface area contributed by atoms with E-state index in [0.29, 0.717) is 12.5 Å². The van der Waals surface area contributed by atoms with E-state index >= 15 is 0 Å². The molecule has 0 bridgehead atoms. The van der Waals surface area contributed by atoms with Crippen molar-refractivity contribution in [2.24, 2.45) is 5.92 Å². The molecule has 0 saturated heterocycles. The lowest BCUT2D eigenvalue weighted by molar-refractivity contribution is -0.121. The van der Waals surface area contributed by atoms with E-state index in [-0.39, 0.29) is 5.91 Å². The zero-order chi connectivity index (χ0) is 13.8. The molecule has 1 N–H and O–H groups in total. The summed E-state index contributed by atoms with van der Waals surface area (Å²) in [6.07, 6.45) is 5.34. The maximum Gasteiger partial charge on any atom is 0.224 e. The van der Waals surface area contributed by atoms with Gasteiger partial charge in [0.2, 0.25) is 5.91 Å². The summed E-state index contributed by atoms with van der Waals surface area (Å²) in [4.78, 5) is 12.1. The average Bonchev–Trinajstić information content (AvgIpc) is 2.33. The molecule has 0 aliphatic heterocycles. The Morgan fingerprint density at radius 2 is 2.11 bits per heavy atom. The number of carbonyl (C=O) groups excluding carboxylic acids is 1. The van der Waals surface area contributed by atoms with Crippen molar-refractivity contribution in [2.75, 3.05) is 0 Å². The number of hydrogen-bond donors (Lipinski definition) is 1. The quantitative estimate of drug-likeness (QED) is 0.884. The second-order valence-corrected chi connectivity index (χ2v) is 6.14. The highest BCUT2D eigenvalue weighted by molar-refractivity contribution is 5.79. The minimum absolute atomic E-state index is 0.172. The monoisotopic (exact) mass is 259 g/mol. The molecule has 1 aliphatic carbocycles. The number of benzene rings is 1. The largest absolute Gasteiger partial charge is 0.353 e. The van der Waals surface area contributed by atoms with E-state index in [1.807, 2.05) is 0 Å². The molecule has 0 radical (unpaired) electrons. The molecule has 2 nitrogen and oxygen atoms in total. The first-order valence-electron chi connectivity index (χ1n) is 7.40. The van der Waals surface area contributed by atoms with Gasteiger partial charge in [0.1, 0.15) is 0 Å². The lowest BCUT2D eigenvalue weighted by Crippen LogP contribution is -2.38. The highest BCUT2D eigenvalue weighted by Crippen LogP contribution is 2.23. The third-order valence-electron chi connectivity index (χ3n) is 4.15. The number of aryl methyl sites for hydroxylation is 2. The molecule has 1 aromatic carbocycles. The first kappa shape index (κ1) is 14.1. The van der Waals surface area contributed by atoms with Crippen LogP contribution >= 0.6 is 0 Å². The molecule has 2 rings (SSSR count). The van der Waals surface area contributed by atoms with E-state index in [4.69, 9.17) is 0 Å². The Bertz CT molecular complexity index is 453. The number of carbonyl (C=O) groups is 1. The molecule has 1 aromatic rings. The number of rotatable bonds is 3. The summed E-state index contributed by atoms with van der Waals surface area (Å²) in [7, 11) is 0. The lowest BCUT2D eigenvalue weighted by atomic mass is 9.87. The molecule has 1 saturated carbocycles. The van der Waals surface area contributed by atoms with E-state index in [1.165, 1.54) is 24.0 Å². The summed E-state index contributed by atoms with van der Waals surface area (Å²) in [5.74, 6) is 0.922. The molecule has 1 amide bonds. The molecule has 0 heterocycles. The van der Waals surface area contributed by atoms with Crippen molar-refractivity contribution in [3.05, 3.63) is 34.9 Å². The maximum absolute atomic E-state index is 12.1. The summed E-state index contributed by atoms with van der Waals surface area (Å²) in [6, 6.07) is 6.69. The standard InChI is InChI=1S/C17H25NO/c1-12-5-4-6-16(10-12)18-17(19)11-15-8-7-13(2)9-14(15)3/h7-9,12,16H,4-6,10-11H2,1-3H3,(H,18,19). The Balaban J connectivity index is 1.90. The topological polar surface area (TPSA) is 29.1 Å². The highest BCUT2D eigenvalue weighted by atomic mass is 16.1. The molecular weight excluding hydrogens is 234 g/mol. The van der Waals surface area contributed by atoms with E-state index in [9.17, 15) is 4.79 Å². The second-order valence-electron chi connectivity index (χ2n) is 6.14. The smallest absolute Gasteiger partial charge is 0.224 e. The van der Waals surface area contributed by atoms with Crippen LogP contribution in [0.2, 0.25) is 0 Å². The van der Waals surface area contributed by atoms with Crippen LogP contribution in [-0.4, -0.2) is 11.9 Å². The number of amides is 1. The van der Waals surface area contributed by atoms with Gasteiger partial charge in [-0.25, -0.2) is 0 Å². The average molecular weight is 259 g/mol. The molecular formula is C17H25NO. The van der Waals surface area contributed by atoms with E-state index in [0.717, 1.165) is 24.3 Å². The molecule has 19 heavy (non-hydrogen) atoms. The summed E-state index contributed by atoms with van der Waals surface area (Å²) in [5.41, 5.74) is 3.61. The molecule has 0 aromatic heterocycles. The molecule has 1 aliphatic rings. The van der Waals surface area contributed by atoms with Crippen LogP contribution in [0.25, 0.3) is 0 Å². The zero-order valence-electron chi connectivity index (χ0n) is 12.3. The van der Waals surface area contributed by atoms with Crippen LogP contribution in [0, 0.1) is 19.8 Å². The summed E-state index contributed by atoms with van der Waals surface area (Å²) in [6.45, 7) is 6.45. The van der Waals surface area contributed by atoms with E-state index < -0.39 is 0 Å². The van der Waals surface area contributed by atoms with Crippen molar-refractivity contribution in [1.82, 2.24) is 5.32 Å². The predicted octanol–water partition coefficient (Wildman–Crippen LogP) is 3.54. The van der Waals surface area contributed by atoms with Gasteiger partial charge in [-0.05, 0) is 43.7 Å². The van der Waals surface area contributed by atoms with Gasteiger partial charge in [0, 0.05) is 6.04 Å². The minimum atomic E-state index is 0.172. The molecule has 2 heteroatoms. The van der Waals surface area contributed by atoms with Gasteiger partial charge >= 0.3 is 0 Å². The first-order chi connectivity index (χ1) is 9.04. The highest BCUT2D eigenvalue weighted by Gasteiger charge is 2.20. The van der Waals surface area contributed by atoms with Crippen LogP contribution < -0.4 is 5.32 Å². The van der Waals surface area contributed by atoms with Gasteiger partial charge in [0.25, 0.3) is 0 Å². The SMILES string of the molecule is Cc1ccc(CC(=O)NC2CCCC(C)C2)c(C)c1. The van der Waals surface area contributed by atoms with Gasteiger partial charge in [-0.1, -0.05) is 43.5 Å². The summed E-state index contributed by atoms with van der Waals surface area (Å²) in [5, 5.41) is 3.20. The number of hydrogen-bond acceptors (Lipinski definition) is 1. The summed E-state index contributed by atoms with van der Waals surface area (Å²) < 4.78 is 0. The van der Waals surface area contributed by atoms with Gasteiger partial charge in [0.05, 0.1) is 6.42 Å². The third kappa shape index (κ3) is 4.09. The molecule has 2 unspecified atom stereocenters. The molecule has 0 spiro atoms.